The molecule has 5 rings (SSSR count). The number of hydrogen-bond donors (Lipinski definition) is 2. The van der Waals surface area contributed by atoms with Crippen LogP contribution in [-0.2, 0) is 27.8 Å². The summed E-state index contributed by atoms with van der Waals surface area (Å²) in [5.74, 6) is -0.205. The van der Waals surface area contributed by atoms with Gasteiger partial charge in [0.15, 0.2) is 0 Å². The third kappa shape index (κ3) is 4.18. The topological polar surface area (TPSA) is 72.9 Å². The van der Waals surface area contributed by atoms with Crippen LogP contribution in [0.3, 0.4) is 0 Å². The highest BCUT2D eigenvalue weighted by molar-refractivity contribution is 6.03. The van der Waals surface area contributed by atoms with E-state index in [1.54, 1.807) is 10.5 Å². The van der Waals surface area contributed by atoms with Crippen molar-refractivity contribution in [2.75, 3.05) is 37.7 Å². The first kappa shape index (κ1) is 22.1. The number of rotatable bonds is 6. The SMILES string of the molecule is O=C(NCCO)C1Cc2ccccc2N1C(=O)CCN1CCC2(CCc3ccccc32)CC1. The Morgan fingerprint density at radius 2 is 1.73 bits per heavy atom. The van der Waals surface area contributed by atoms with E-state index < -0.39 is 6.04 Å². The molecule has 1 fully saturated rings. The second kappa shape index (κ2) is 9.27. The summed E-state index contributed by atoms with van der Waals surface area (Å²) in [5, 5.41) is 11.8. The number of amides is 2. The van der Waals surface area contributed by atoms with Crippen molar-refractivity contribution in [1.29, 1.82) is 0 Å². The molecule has 2 heterocycles. The molecule has 6 heteroatoms. The number of aryl methyl sites for hydroxylation is 1. The molecule has 2 aromatic carbocycles. The number of aliphatic hydroxyl groups is 1. The summed E-state index contributed by atoms with van der Waals surface area (Å²) >= 11 is 0. The molecule has 1 unspecified atom stereocenters. The summed E-state index contributed by atoms with van der Waals surface area (Å²) in [6.07, 6.45) is 5.65. The lowest BCUT2D eigenvalue weighted by atomic mass is 9.74. The molecule has 0 radical (unpaired) electrons. The molecule has 1 atom stereocenters. The number of piperidine rings is 1. The minimum absolute atomic E-state index is 0.00408. The highest BCUT2D eigenvalue weighted by atomic mass is 16.3. The Hall–Kier alpha value is -2.70. The minimum atomic E-state index is -0.541. The zero-order valence-corrected chi connectivity index (χ0v) is 19.1. The summed E-state index contributed by atoms with van der Waals surface area (Å²) in [5.41, 5.74) is 5.24. The molecule has 0 saturated carbocycles. The van der Waals surface area contributed by atoms with Gasteiger partial charge in [0.1, 0.15) is 6.04 Å². The largest absolute Gasteiger partial charge is 0.395 e. The Morgan fingerprint density at radius 1 is 1.00 bits per heavy atom. The lowest BCUT2D eigenvalue weighted by Gasteiger charge is -2.40. The van der Waals surface area contributed by atoms with Crippen LogP contribution in [0.1, 0.15) is 42.4 Å². The van der Waals surface area contributed by atoms with E-state index in [2.05, 4.69) is 34.5 Å². The van der Waals surface area contributed by atoms with Gasteiger partial charge in [0.25, 0.3) is 0 Å². The molecule has 2 amide bonds. The van der Waals surface area contributed by atoms with Crippen molar-refractivity contribution in [3.8, 4) is 0 Å². The van der Waals surface area contributed by atoms with E-state index in [4.69, 9.17) is 5.11 Å². The van der Waals surface area contributed by atoms with Crippen LogP contribution in [0.2, 0.25) is 0 Å². The van der Waals surface area contributed by atoms with Crippen LogP contribution in [0.5, 0.6) is 0 Å². The average Bonchev–Trinajstić information content (AvgIpc) is 3.41. The second-order valence-corrected chi connectivity index (χ2v) is 9.66. The lowest BCUT2D eigenvalue weighted by molar-refractivity contribution is -0.126. The summed E-state index contributed by atoms with van der Waals surface area (Å²) in [6.45, 7) is 2.84. The standard InChI is InChI=1S/C27H33N3O3/c31-18-14-28-26(33)24-19-21-6-2-4-8-23(21)30(24)25(32)10-15-29-16-12-27(13-17-29)11-9-20-5-1-3-7-22(20)27/h1-8,24,31H,9-19H2,(H,28,33). The molecule has 0 aromatic heterocycles. The van der Waals surface area contributed by atoms with Crippen molar-refractivity contribution in [1.82, 2.24) is 10.2 Å². The number of aliphatic hydroxyl groups excluding tert-OH is 1. The zero-order chi connectivity index (χ0) is 22.8. The number of anilines is 1. The molecule has 1 saturated heterocycles. The van der Waals surface area contributed by atoms with Gasteiger partial charge in [-0.05, 0) is 66.9 Å². The van der Waals surface area contributed by atoms with E-state index in [-0.39, 0.29) is 25.0 Å². The van der Waals surface area contributed by atoms with E-state index in [1.165, 1.54) is 18.4 Å². The quantitative estimate of drug-likeness (QED) is 0.714. The van der Waals surface area contributed by atoms with Crippen molar-refractivity contribution < 1.29 is 14.7 Å². The van der Waals surface area contributed by atoms with E-state index in [0.29, 0.717) is 18.3 Å². The maximum absolute atomic E-state index is 13.3. The summed E-state index contributed by atoms with van der Waals surface area (Å²) < 4.78 is 0. The Labute approximate surface area is 195 Å². The Bertz CT molecular complexity index is 1030. The number of para-hydroxylation sites is 1. The van der Waals surface area contributed by atoms with Crippen molar-refractivity contribution in [3.05, 3.63) is 65.2 Å². The number of fused-ring (bicyclic) bond motifs is 3. The molecule has 2 aliphatic heterocycles. The van der Waals surface area contributed by atoms with Crippen LogP contribution in [0, 0.1) is 0 Å². The van der Waals surface area contributed by atoms with Crippen molar-refractivity contribution in [3.63, 3.8) is 0 Å². The number of nitrogens with zero attached hydrogens (tertiary/aromatic N) is 2. The molecule has 2 N–H and O–H groups in total. The molecule has 1 spiro atoms. The first-order valence-corrected chi connectivity index (χ1v) is 12.2. The first-order chi connectivity index (χ1) is 16.1. The van der Waals surface area contributed by atoms with Crippen molar-refractivity contribution in [2.24, 2.45) is 0 Å². The van der Waals surface area contributed by atoms with Gasteiger partial charge >= 0.3 is 0 Å². The molecule has 1 aliphatic carbocycles. The second-order valence-electron chi connectivity index (χ2n) is 9.66. The van der Waals surface area contributed by atoms with E-state index in [9.17, 15) is 9.59 Å². The van der Waals surface area contributed by atoms with Gasteiger partial charge < -0.3 is 15.3 Å². The van der Waals surface area contributed by atoms with Crippen molar-refractivity contribution in [2.45, 2.75) is 50.0 Å². The highest BCUT2D eigenvalue weighted by Crippen LogP contribution is 2.46. The monoisotopic (exact) mass is 447 g/mol. The fraction of sp³-hybridized carbons (Fsp3) is 0.481. The van der Waals surface area contributed by atoms with Crippen LogP contribution in [-0.4, -0.2) is 60.6 Å². The number of carbonyl (C=O) groups is 2. The van der Waals surface area contributed by atoms with Gasteiger partial charge in [0.05, 0.1) is 6.61 Å². The van der Waals surface area contributed by atoms with Crippen LogP contribution in [0.15, 0.2) is 48.5 Å². The molecule has 3 aliphatic rings. The Balaban J connectivity index is 1.21. The fourth-order valence-electron chi connectivity index (χ4n) is 6.06. The van der Waals surface area contributed by atoms with Crippen LogP contribution < -0.4 is 10.2 Å². The van der Waals surface area contributed by atoms with Gasteiger partial charge in [-0.1, -0.05) is 42.5 Å². The lowest BCUT2D eigenvalue weighted by Crippen LogP contribution is -2.49. The zero-order valence-electron chi connectivity index (χ0n) is 19.1. The summed E-state index contributed by atoms with van der Waals surface area (Å²) in [4.78, 5) is 30.1. The van der Waals surface area contributed by atoms with E-state index in [0.717, 1.165) is 43.7 Å². The molecule has 2 aromatic rings. The van der Waals surface area contributed by atoms with E-state index in [1.807, 2.05) is 24.3 Å². The Morgan fingerprint density at radius 3 is 2.52 bits per heavy atom. The summed E-state index contributed by atoms with van der Waals surface area (Å²) in [6, 6.07) is 16.1. The third-order valence-electron chi connectivity index (χ3n) is 7.88. The van der Waals surface area contributed by atoms with Gasteiger partial charge in [-0.3, -0.25) is 14.5 Å². The maximum atomic E-state index is 13.3. The predicted octanol–water partition coefficient (Wildman–Crippen LogP) is 2.42. The van der Waals surface area contributed by atoms with Gasteiger partial charge in [0.2, 0.25) is 11.8 Å². The number of likely N-dealkylation sites (tertiary alicyclic amines) is 1. The predicted molar refractivity (Wildman–Crippen MR) is 128 cm³/mol. The number of hydrogen-bond acceptors (Lipinski definition) is 4. The first-order valence-electron chi connectivity index (χ1n) is 12.2. The average molecular weight is 448 g/mol. The van der Waals surface area contributed by atoms with Gasteiger partial charge in [-0.25, -0.2) is 0 Å². The van der Waals surface area contributed by atoms with Gasteiger partial charge in [-0.15, -0.1) is 0 Å². The fourth-order valence-corrected chi connectivity index (χ4v) is 6.06. The number of benzene rings is 2. The third-order valence-corrected chi connectivity index (χ3v) is 7.88. The van der Waals surface area contributed by atoms with Crippen LogP contribution in [0.4, 0.5) is 5.69 Å². The number of nitrogens with one attached hydrogen (secondary N) is 1. The molecule has 6 nitrogen and oxygen atoms in total. The van der Waals surface area contributed by atoms with Gasteiger partial charge in [0, 0.05) is 31.6 Å². The molecule has 174 valence electrons. The minimum Gasteiger partial charge on any atom is -0.395 e. The maximum Gasteiger partial charge on any atom is 0.243 e. The molecular formula is C27H33N3O3. The normalized spacial score (nSPS) is 21.1. The van der Waals surface area contributed by atoms with Gasteiger partial charge in [-0.2, -0.15) is 0 Å². The van der Waals surface area contributed by atoms with Crippen molar-refractivity contribution >= 4 is 17.5 Å². The summed E-state index contributed by atoms with van der Waals surface area (Å²) in [7, 11) is 0. The smallest absolute Gasteiger partial charge is 0.243 e. The Kier molecular flexibility index (Phi) is 6.21. The van der Waals surface area contributed by atoms with Crippen LogP contribution in [0.25, 0.3) is 0 Å². The molecule has 0 bridgehead atoms. The van der Waals surface area contributed by atoms with E-state index >= 15 is 0 Å². The molecule has 33 heavy (non-hydrogen) atoms. The molecular weight excluding hydrogens is 414 g/mol. The van der Waals surface area contributed by atoms with Crippen LogP contribution >= 0.6 is 0 Å². The highest BCUT2D eigenvalue weighted by Gasteiger charge is 2.41. The number of carbonyl (C=O) groups excluding carboxylic acids is 2.